The van der Waals surface area contributed by atoms with Crippen LogP contribution in [0.1, 0.15) is 69.4 Å². The number of rotatable bonds is 10. The average Bonchev–Trinajstić information content (AvgIpc) is 2.84. The zero-order chi connectivity index (χ0) is 27.1. The van der Waals surface area contributed by atoms with Gasteiger partial charge < -0.3 is 19.4 Å². The summed E-state index contributed by atoms with van der Waals surface area (Å²) in [6.45, 7) is 13.4. The van der Waals surface area contributed by atoms with Crippen LogP contribution in [0.3, 0.4) is 0 Å². The Morgan fingerprint density at radius 1 is 0.757 bits per heavy atom. The van der Waals surface area contributed by atoms with Gasteiger partial charge in [-0.2, -0.15) is 0 Å². The van der Waals surface area contributed by atoms with Crippen LogP contribution in [0.2, 0.25) is 0 Å². The SMILES string of the molecule is CC(C)(C)c1ccc(COc2ccc(/C=N/OCC(=O)O)cc2OCc2ccc(C(C)(C)C)cc2)cc1. The molecule has 3 aromatic carbocycles. The summed E-state index contributed by atoms with van der Waals surface area (Å²) in [4.78, 5) is 15.4. The fraction of sp³-hybridized carbons (Fsp3) is 0.355. The molecule has 3 aromatic rings. The lowest BCUT2D eigenvalue weighted by molar-refractivity contribution is -0.142. The van der Waals surface area contributed by atoms with Crippen molar-refractivity contribution in [2.45, 2.75) is 65.6 Å². The van der Waals surface area contributed by atoms with Gasteiger partial charge in [-0.25, -0.2) is 4.79 Å². The van der Waals surface area contributed by atoms with Gasteiger partial charge in [-0.3, -0.25) is 0 Å². The van der Waals surface area contributed by atoms with Crippen LogP contribution in [-0.4, -0.2) is 23.9 Å². The summed E-state index contributed by atoms with van der Waals surface area (Å²) in [5.74, 6) is 0.0844. The smallest absolute Gasteiger partial charge is 0.344 e. The summed E-state index contributed by atoms with van der Waals surface area (Å²) < 4.78 is 12.3. The summed E-state index contributed by atoms with van der Waals surface area (Å²) in [6.07, 6.45) is 1.45. The molecular formula is C31H37NO5. The van der Waals surface area contributed by atoms with Gasteiger partial charge in [0.25, 0.3) is 0 Å². The second-order valence-corrected chi connectivity index (χ2v) is 11.1. The van der Waals surface area contributed by atoms with Gasteiger partial charge in [0.1, 0.15) is 13.2 Å². The van der Waals surface area contributed by atoms with Gasteiger partial charge in [0.15, 0.2) is 11.5 Å². The van der Waals surface area contributed by atoms with Crippen LogP contribution >= 0.6 is 0 Å². The summed E-state index contributed by atoms with van der Waals surface area (Å²) >= 11 is 0. The minimum absolute atomic E-state index is 0.0852. The van der Waals surface area contributed by atoms with Crippen molar-refractivity contribution in [2.75, 3.05) is 6.61 Å². The van der Waals surface area contributed by atoms with Gasteiger partial charge in [-0.15, -0.1) is 0 Å². The van der Waals surface area contributed by atoms with Gasteiger partial charge >= 0.3 is 5.97 Å². The van der Waals surface area contributed by atoms with Crippen molar-refractivity contribution in [3.8, 4) is 11.5 Å². The number of ether oxygens (including phenoxy) is 2. The van der Waals surface area contributed by atoms with E-state index in [1.54, 1.807) is 6.07 Å². The summed E-state index contributed by atoms with van der Waals surface area (Å²) in [5.41, 5.74) is 5.51. The zero-order valence-electron chi connectivity index (χ0n) is 22.6. The molecule has 0 aliphatic carbocycles. The number of carbonyl (C=O) groups is 1. The van der Waals surface area contributed by atoms with Crippen LogP contribution in [0.5, 0.6) is 11.5 Å². The molecule has 0 radical (unpaired) electrons. The van der Waals surface area contributed by atoms with E-state index in [0.29, 0.717) is 30.3 Å². The molecule has 6 nitrogen and oxygen atoms in total. The third kappa shape index (κ3) is 8.67. The first kappa shape index (κ1) is 27.8. The Bertz CT molecular complexity index is 1200. The topological polar surface area (TPSA) is 77.4 Å². The Kier molecular flexibility index (Phi) is 8.98. The molecule has 0 unspecified atom stereocenters. The molecule has 0 heterocycles. The standard InChI is InChI=1S/C31H37NO5/c1-30(2,3)25-12-7-22(8-13-25)19-35-27-16-11-24(18-32-37-21-29(33)34)17-28(27)36-20-23-9-14-26(15-10-23)31(4,5)6/h7-18H,19-21H2,1-6H3,(H,33,34)/b32-18+. The molecule has 37 heavy (non-hydrogen) atoms. The van der Waals surface area contributed by atoms with Crippen molar-refractivity contribution in [1.82, 2.24) is 0 Å². The van der Waals surface area contributed by atoms with Crippen LogP contribution in [0.4, 0.5) is 0 Å². The van der Waals surface area contributed by atoms with Crippen molar-refractivity contribution >= 4 is 12.2 Å². The highest BCUT2D eigenvalue weighted by molar-refractivity contribution is 5.80. The lowest BCUT2D eigenvalue weighted by Gasteiger charge is -2.20. The first-order valence-corrected chi connectivity index (χ1v) is 12.4. The van der Waals surface area contributed by atoms with E-state index in [1.165, 1.54) is 17.3 Å². The molecule has 0 amide bonds. The lowest BCUT2D eigenvalue weighted by atomic mass is 9.87. The summed E-state index contributed by atoms with van der Waals surface area (Å²) in [7, 11) is 0. The van der Waals surface area contributed by atoms with Crippen LogP contribution in [0, 0.1) is 0 Å². The van der Waals surface area contributed by atoms with Crippen LogP contribution in [-0.2, 0) is 33.7 Å². The van der Waals surface area contributed by atoms with Gasteiger partial charge in [-0.05, 0) is 51.3 Å². The molecular weight excluding hydrogens is 466 g/mol. The predicted molar refractivity (Wildman–Crippen MR) is 147 cm³/mol. The molecule has 0 aliphatic rings. The Morgan fingerprint density at radius 2 is 1.24 bits per heavy atom. The molecule has 3 rings (SSSR count). The zero-order valence-corrected chi connectivity index (χ0v) is 22.6. The molecule has 0 bridgehead atoms. The molecule has 0 saturated heterocycles. The van der Waals surface area contributed by atoms with Crippen LogP contribution in [0.25, 0.3) is 0 Å². The highest BCUT2D eigenvalue weighted by Gasteiger charge is 2.15. The summed E-state index contributed by atoms with van der Waals surface area (Å²) in [6, 6.07) is 22.3. The van der Waals surface area contributed by atoms with E-state index in [4.69, 9.17) is 19.4 Å². The number of aliphatic carboxylic acids is 1. The molecule has 0 spiro atoms. The van der Waals surface area contributed by atoms with E-state index in [2.05, 4.69) is 95.2 Å². The molecule has 0 saturated carbocycles. The van der Waals surface area contributed by atoms with Crippen molar-refractivity contribution in [3.63, 3.8) is 0 Å². The Labute approximate surface area is 219 Å². The van der Waals surface area contributed by atoms with E-state index in [1.807, 2.05) is 12.1 Å². The van der Waals surface area contributed by atoms with Gasteiger partial charge in [0.2, 0.25) is 6.61 Å². The number of hydrogen-bond donors (Lipinski definition) is 1. The number of nitrogens with zero attached hydrogens (tertiary/aromatic N) is 1. The molecule has 6 heteroatoms. The first-order valence-electron chi connectivity index (χ1n) is 12.4. The van der Waals surface area contributed by atoms with E-state index in [-0.39, 0.29) is 10.8 Å². The van der Waals surface area contributed by atoms with E-state index < -0.39 is 12.6 Å². The minimum Gasteiger partial charge on any atom is -0.485 e. The van der Waals surface area contributed by atoms with E-state index in [0.717, 1.165) is 11.1 Å². The van der Waals surface area contributed by atoms with Crippen LogP contribution in [0.15, 0.2) is 71.9 Å². The normalized spacial score (nSPS) is 11.9. The molecule has 196 valence electrons. The Balaban J connectivity index is 1.75. The first-order chi connectivity index (χ1) is 17.4. The highest BCUT2D eigenvalue weighted by Crippen LogP contribution is 2.31. The maximum Gasteiger partial charge on any atom is 0.344 e. The van der Waals surface area contributed by atoms with Crippen molar-refractivity contribution in [2.24, 2.45) is 5.16 Å². The number of carboxylic acid groups (broad SMARTS) is 1. The van der Waals surface area contributed by atoms with Gasteiger partial charge in [0.05, 0.1) is 6.21 Å². The number of benzene rings is 3. The van der Waals surface area contributed by atoms with Crippen LogP contribution < -0.4 is 9.47 Å². The number of oxime groups is 1. The Morgan fingerprint density at radius 3 is 1.70 bits per heavy atom. The third-order valence-corrected chi connectivity index (χ3v) is 5.86. The molecule has 0 atom stereocenters. The van der Waals surface area contributed by atoms with Gasteiger partial charge in [0, 0.05) is 5.56 Å². The largest absolute Gasteiger partial charge is 0.485 e. The molecule has 0 aromatic heterocycles. The highest BCUT2D eigenvalue weighted by atomic mass is 16.6. The van der Waals surface area contributed by atoms with Gasteiger partial charge in [-0.1, -0.05) is 95.2 Å². The summed E-state index contributed by atoms with van der Waals surface area (Å²) in [5, 5.41) is 12.4. The predicted octanol–water partition coefficient (Wildman–Crippen LogP) is 6.87. The lowest BCUT2D eigenvalue weighted by Crippen LogP contribution is -2.11. The number of hydrogen-bond acceptors (Lipinski definition) is 5. The second-order valence-electron chi connectivity index (χ2n) is 11.1. The maximum absolute atomic E-state index is 10.6. The molecule has 0 aliphatic heterocycles. The van der Waals surface area contributed by atoms with Crippen molar-refractivity contribution < 1.29 is 24.2 Å². The van der Waals surface area contributed by atoms with Crippen molar-refractivity contribution in [1.29, 1.82) is 0 Å². The average molecular weight is 504 g/mol. The fourth-order valence-corrected chi connectivity index (χ4v) is 3.55. The van der Waals surface area contributed by atoms with E-state index in [9.17, 15) is 4.79 Å². The second kappa shape index (κ2) is 12.0. The number of carboxylic acids is 1. The molecule has 1 N–H and O–H groups in total. The molecule has 0 fully saturated rings. The minimum atomic E-state index is -1.09. The fourth-order valence-electron chi connectivity index (χ4n) is 3.55. The monoisotopic (exact) mass is 503 g/mol. The quantitative estimate of drug-likeness (QED) is 0.241. The van der Waals surface area contributed by atoms with Crippen molar-refractivity contribution in [3.05, 3.63) is 94.5 Å². The van der Waals surface area contributed by atoms with E-state index >= 15 is 0 Å². The Hall–Kier alpha value is -3.80. The maximum atomic E-state index is 10.6. The third-order valence-electron chi connectivity index (χ3n) is 5.86.